The Kier molecular flexibility index (Phi) is 6.25. The van der Waals surface area contributed by atoms with Crippen molar-refractivity contribution in [3.8, 4) is 6.07 Å². The molecule has 0 aliphatic rings. The van der Waals surface area contributed by atoms with Gasteiger partial charge in [0.25, 0.3) is 5.91 Å². The lowest BCUT2D eigenvalue weighted by Gasteiger charge is -2.08. The summed E-state index contributed by atoms with van der Waals surface area (Å²) in [4.78, 5) is 12.2. The van der Waals surface area contributed by atoms with Crippen LogP contribution in [0.1, 0.15) is 11.1 Å². The highest BCUT2D eigenvalue weighted by molar-refractivity contribution is 6.31. The summed E-state index contributed by atoms with van der Waals surface area (Å²) < 4.78 is 0. The van der Waals surface area contributed by atoms with Crippen LogP contribution in [0.4, 0.5) is 5.69 Å². The van der Waals surface area contributed by atoms with Crippen LogP contribution in [-0.2, 0) is 11.3 Å². The van der Waals surface area contributed by atoms with Crippen molar-refractivity contribution in [1.82, 2.24) is 5.32 Å². The molecular formula is C18H15Cl2N3O. The van der Waals surface area contributed by atoms with E-state index in [0.717, 1.165) is 11.1 Å². The van der Waals surface area contributed by atoms with Gasteiger partial charge in [-0.2, -0.15) is 5.26 Å². The van der Waals surface area contributed by atoms with Crippen LogP contribution in [0.5, 0.6) is 0 Å². The molecule has 0 radical (unpaired) electrons. The second-order valence-electron chi connectivity index (χ2n) is 5.09. The molecule has 24 heavy (non-hydrogen) atoms. The van der Waals surface area contributed by atoms with Crippen LogP contribution in [0.2, 0.25) is 10.0 Å². The lowest BCUT2D eigenvalue weighted by molar-refractivity contribution is -0.112. The molecule has 0 saturated carbocycles. The average molecular weight is 360 g/mol. The minimum Gasteiger partial charge on any atom is -0.386 e. The number of hydrogen-bond donors (Lipinski definition) is 2. The van der Waals surface area contributed by atoms with E-state index in [4.69, 9.17) is 23.2 Å². The Morgan fingerprint density at radius 3 is 2.67 bits per heavy atom. The Morgan fingerprint density at radius 1 is 1.21 bits per heavy atom. The maximum Gasteiger partial charge on any atom is 0.267 e. The molecule has 0 aromatic heterocycles. The Hall–Kier alpha value is -2.48. The lowest BCUT2D eigenvalue weighted by atomic mass is 10.2. The molecule has 6 heteroatoms. The number of carbonyl (C=O) groups is 1. The minimum atomic E-state index is -0.499. The number of nitrogens with one attached hydrogen (secondary N) is 2. The molecular weight excluding hydrogens is 345 g/mol. The quantitative estimate of drug-likeness (QED) is 0.612. The molecule has 2 aromatic rings. The molecule has 1 amide bonds. The number of rotatable bonds is 5. The van der Waals surface area contributed by atoms with Crippen LogP contribution in [0.25, 0.3) is 0 Å². The number of benzene rings is 2. The number of hydrogen-bond acceptors (Lipinski definition) is 3. The normalized spacial score (nSPS) is 10.8. The first-order chi connectivity index (χ1) is 11.5. The van der Waals surface area contributed by atoms with Crippen molar-refractivity contribution in [1.29, 1.82) is 5.26 Å². The van der Waals surface area contributed by atoms with Crippen LogP contribution >= 0.6 is 23.2 Å². The van der Waals surface area contributed by atoms with Crippen molar-refractivity contribution in [2.45, 2.75) is 13.5 Å². The molecule has 0 saturated heterocycles. The maximum atomic E-state index is 12.2. The number of nitrogens with zero attached hydrogens (tertiary/aromatic N) is 1. The predicted molar refractivity (Wildman–Crippen MR) is 96.8 cm³/mol. The molecule has 122 valence electrons. The number of halogens is 2. The third kappa shape index (κ3) is 5.02. The van der Waals surface area contributed by atoms with Gasteiger partial charge >= 0.3 is 0 Å². The summed E-state index contributed by atoms with van der Waals surface area (Å²) in [5, 5.41) is 15.9. The van der Waals surface area contributed by atoms with Gasteiger partial charge in [0.15, 0.2) is 0 Å². The molecule has 0 spiro atoms. The zero-order valence-corrected chi connectivity index (χ0v) is 14.4. The summed E-state index contributed by atoms with van der Waals surface area (Å²) in [5.41, 5.74) is 2.35. The van der Waals surface area contributed by atoms with Crippen molar-refractivity contribution >= 4 is 34.8 Å². The molecule has 0 aliphatic carbocycles. The number of aryl methyl sites for hydroxylation is 1. The van der Waals surface area contributed by atoms with E-state index < -0.39 is 5.91 Å². The van der Waals surface area contributed by atoms with Gasteiger partial charge in [-0.05, 0) is 42.3 Å². The molecule has 2 rings (SSSR count). The van der Waals surface area contributed by atoms with Gasteiger partial charge in [-0.1, -0.05) is 41.4 Å². The first kappa shape index (κ1) is 17.9. The number of amides is 1. The number of anilines is 1. The highest BCUT2D eigenvalue weighted by Gasteiger charge is 2.11. The Morgan fingerprint density at radius 2 is 1.96 bits per heavy atom. The zero-order chi connectivity index (χ0) is 17.5. The molecule has 0 unspecified atom stereocenters. The highest BCUT2D eigenvalue weighted by Crippen LogP contribution is 2.20. The fraction of sp³-hybridized carbons (Fsp3) is 0.111. The summed E-state index contributed by atoms with van der Waals surface area (Å²) in [6, 6.07) is 14.4. The van der Waals surface area contributed by atoms with Crippen molar-refractivity contribution in [3.05, 3.63) is 75.4 Å². The van der Waals surface area contributed by atoms with Crippen LogP contribution in [-0.4, -0.2) is 5.91 Å². The monoisotopic (exact) mass is 359 g/mol. The standard InChI is InChI=1S/C18H15Cl2N3O/c1-12-5-6-16(20)8-17(12)23-18(24)14(9-21)11-22-10-13-3-2-4-15(19)7-13/h2-8,11,22H,10H2,1H3,(H,23,24)/b14-11-. The SMILES string of the molecule is Cc1ccc(Cl)cc1NC(=O)/C(C#N)=C\NCc1cccc(Cl)c1. The smallest absolute Gasteiger partial charge is 0.267 e. The molecule has 4 nitrogen and oxygen atoms in total. The van der Waals surface area contributed by atoms with Gasteiger partial charge in [0.2, 0.25) is 0 Å². The second kappa shape index (κ2) is 8.39. The lowest BCUT2D eigenvalue weighted by Crippen LogP contribution is -2.17. The van der Waals surface area contributed by atoms with Gasteiger partial charge in [0.05, 0.1) is 0 Å². The van der Waals surface area contributed by atoms with Crippen molar-refractivity contribution < 1.29 is 4.79 Å². The zero-order valence-electron chi connectivity index (χ0n) is 12.9. The number of carbonyl (C=O) groups excluding carboxylic acids is 1. The maximum absolute atomic E-state index is 12.2. The van der Waals surface area contributed by atoms with Gasteiger partial charge in [-0.15, -0.1) is 0 Å². The minimum absolute atomic E-state index is 0.0311. The van der Waals surface area contributed by atoms with Gasteiger partial charge in [0.1, 0.15) is 11.6 Å². The van der Waals surface area contributed by atoms with Crippen molar-refractivity contribution in [2.75, 3.05) is 5.32 Å². The second-order valence-corrected chi connectivity index (χ2v) is 5.97. The van der Waals surface area contributed by atoms with Crippen LogP contribution in [0, 0.1) is 18.3 Å². The molecule has 2 N–H and O–H groups in total. The van der Waals surface area contributed by atoms with Gasteiger partial charge in [-0.25, -0.2) is 0 Å². The third-order valence-corrected chi connectivity index (χ3v) is 3.72. The van der Waals surface area contributed by atoms with Crippen LogP contribution in [0.3, 0.4) is 0 Å². The molecule has 2 aromatic carbocycles. The van der Waals surface area contributed by atoms with Gasteiger partial charge < -0.3 is 10.6 Å². The molecule has 0 bridgehead atoms. The first-order valence-electron chi connectivity index (χ1n) is 7.15. The predicted octanol–water partition coefficient (Wildman–Crippen LogP) is 4.44. The summed E-state index contributed by atoms with van der Waals surface area (Å²) in [7, 11) is 0. The summed E-state index contributed by atoms with van der Waals surface area (Å²) >= 11 is 11.8. The fourth-order valence-electron chi connectivity index (χ4n) is 1.99. The summed E-state index contributed by atoms with van der Waals surface area (Å²) in [6.45, 7) is 2.30. The van der Waals surface area contributed by atoms with Crippen molar-refractivity contribution in [2.24, 2.45) is 0 Å². The largest absolute Gasteiger partial charge is 0.386 e. The van der Waals surface area contributed by atoms with Crippen LogP contribution in [0.15, 0.2) is 54.2 Å². The topological polar surface area (TPSA) is 64.9 Å². The van der Waals surface area contributed by atoms with E-state index in [0.29, 0.717) is 22.3 Å². The van der Waals surface area contributed by atoms with Gasteiger partial charge in [-0.3, -0.25) is 4.79 Å². The van der Waals surface area contributed by atoms with E-state index in [1.54, 1.807) is 24.3 Å². The van der Waals surface area contributed by atoms with Crippen molar-refractivity contribution in [3.63, 3.8) is 0 Å². The van der Waals surface area contributed by atoms with E-state index in [1.807, 2.05) is 31.2 Å². The van der Waals surface area contributed by atoms with E-state index in [-0.39, 0.29) is 5.57 Å². The van der Waals surface area contributed by atoms with E-state index in [2.05, 4.69) is 10.6 Å². The van der Waals surface area contributed by atoms with E-state index in [9.17, 15) is 10.1 Å². The average Bonchev–Trinajstić information content (AvgIpc) is 2.55. The first-order valence-corrected chi connectivity index (χ1v) is 7.91. The molecule has 0 heterocycles. The van der Waals surface area contributed by atoms with E-state index >= 15 is 0 Å². The highest BCUT2D eigenvalue weighted by atomic mass is 35.5. The molecule has 0 atom stereocenters. The van der Waals surface area contributed by atoms with Gasteiger partial charge in [0, 0.05) is 28.5 Å². The fourth-order valence-corrected chi connectivity index (χ4v) is 2.37. The molecule has 0 fully saturated rings. The van der Waals surface area contributed by atoms with Crippen LogP contribution < -0.4 is 10.6 Å². The van der Waals surface area contributed by atoms with E-state index in [1.165, 1.54) is 6.20 Å². The summed E-state index contributed by atoms with van der Waals surface area (Å²) in [6.07, 6.45) is 1.39. The molecule has 0 aliphatic heterocycles. The third-order valence-electron chi connectivity index (χ3n) is 3.25. The Labute approximate surface area is 150 Å². The Bertz CT molecular complexity index is 825. The summed E-state index contributed by atoms with van der Waals surface area (Å²) in [5.74, 6) is -0.499. The number of nitriles is 1. The Balaban J connectivity index is 2.03.